The highest BCUT2D eigenvalue weighted by molar-refractivity contribution is 7.88. The fraction of sp³-hybridized carbons (Fsp3) is 0.533. The second-order valence-electron chi connectivity index (χ2n) is 9.99. The van der Waals surface area contributed by atoms with E-state index in [1.54, 1.807) is 7.11 Å². The predicted octanol–water partition coefficient (Wildman–Crippen LogP) is 4.36. The Morgan fingerprint density at radius 2 is 1.53 bits per heavy atom. The van der Waals surface area contributed by atoms with Crippen molar-refractivity contribution in [2.24, 2.45) is 0 Å². The Balaban J connectivity index is 0.000000447. The number of nitrogens with zero attached hydrogens (tertiary/aromatic N) is 2. The maximum absolute atomic E-state index is 12.5. The van der Waals surface area contributed by atoms with Gasteiger partial charge in [0.15, 0.2) is 0 Å². The van der Waals surface area contributed by atoms with E-state index in [0.29, 0.717) is 5.92 Å². The molecule has 242 valence electrons. The van der Waals surface area contributed by atoms with Gasteiger partial charge >= 0.3 is 6.18 Å². The molecule has 1 unspecified atom stereocenters. The summed E-state index contributed by atoms with van der Waals surface area (Å²) in [5.74, 6) is 0.526. The lowest BCUT2D eigenvalue weighted by molar-refractivity contribution is -0.137. The lowest BCUT2D eigenvalue weighted by atomic mass is 9.99. The zero-order valence-electron chi connectivity index (χ0n) is 25.8. The summed E-state index contributed by atoms with van der Waals surface area (Å²) in [6, 6.07) is 12.0. The van der Waals surface area contributed by atoms with Gasteiger partial charge in [0, 0.05) is 31.7 Å². The Morgan fingerprint density at radius 1 is 0.977 bits per heavy atom. The summed E-state index contributed by atoms with van der Waals surface area (Å²) in [5, 5.41) is 5.37. The fourth-order valence-electron chi connectivity index (χ4n) is 3.87. The molecule has 43 heavy (non-hydrogen) atoms. The first-order chi connectivity index (χ1) is 20.2. The monoisotopic (exact) mass is 630 g/mol. The number of hydrogen-bond acceptors (Lipinski definition) is 6. The van der Waals surface area contributed by atoms with Crippen molar-refractivity contribution in [3.8, 4) is 5.75 Å². The summed E-state index contributed by atoms with van der Waals surface area (Å²) in [4.78, 5) is 25.4. The minimum Gasteiger partial charge on any atom is -0.497 e. The number of carbonyl (C=O) groups excluding carboxylic acids is 2. The van der Waals surface area contributed by atoms with Crippen LogP contribution in [0.2, 0.25) is 0 Å². The van der Waals surface area contributed by atoms with E-state index in [-0.39, 0.29) is 38.3 Å². The highest BCUT2D eigenvalue weighted by Gasteiger charge is 2.30. The zero-order valence-corrected chi connectivity index (χ0v) is 26.6. The van der Waals surface area contributed by atoms with Gasteiger partial charge in [0.2, 0.25) is 15.9 Å². The van der Waals surface area contributed by atoms with Crippen LogP contribution >= 0.6 is 0 Å². The average molecular weight is 631 g/mol. The Bertz CT molecular complexity index is 1210. The Labute approximate surface area is 253 Å². The van der Waals surface area contributed by atoms with Crippen molar-refractivity contribution >= 4 is 21.8 Å². The van der Waals surface area contributed by atoms with Crippen LogP contribution in [0.5, 0.6) is 5.75 Å². The van der Waals surface area contributed by atoms with E-state index in [2.05, 4.69) is 43.5 Å². The SMILES string of the molecule is CCC(C)c1ccc(OC)cc1.CCCNC.CS(=O)(=O)N1CCN(C(=O)CNC(=O)c2ccc(C(F)(F)F)cc2)CC1. The molecule has 0 aliphatic carbocycles. The summed E-state index contributed by atoms with van der Waals surface area (Å²) in [5.41, 5.74) is 0.528. The second-order valence-corrected chi connectivity index (χ2v) is 12.0. The van der Waals surface area contributed by atoms with Crippen molar-refractivity contribution in [3.63, 3.8) is 0 Å². The minimum absolute atomic E-state index is 0.00713. The molecule has 0 radical (unpaired) electrons. The third-order valence-corrected chi connectivity index (χ3v) is 8.04. The number of amides is 2. The molecule has 1 aliphatic rings. The number of halogens is 3. The van der Waals surface area contributed by atoms with Gasteiger partial charge in [-0.25, -0.2) is 8.42 Å². The molecule has 1 fully saturated rings. The van der Waals surface area contributed by atoms with E-state index in [1.165, 1.54) is 27.6 Å². The van der Waals surface area contributed by atoms with Crippen LogP contribution in [0.1, 0.15) is 61.0 Å². The number of nitrogens with one attached hydrogen (secondary N) is 2. The summed E-state index contributed by atoms with van der Waals surface area (Å²) in [6.07, 6.45) is -0.976. The average Bonchev–Trinajstić information content (AvgIpc) is 2.99. The van der Waals surface area contributed by atoms with Gasteiger partial charge < -0.3 is 20.3 Å². The smallest absolute Gasteiger partial charge is 0.416 e. The number of rotatable bonds is 9. The molecule has 9 nitrogen and oxygen atoms in total. The molecule has 2 amide bonds. The third-order valence-electron chi connectivity index (χ3n) is 6.73. The number of piperazine rings is 1. The second kappa shape index (κ2) is 18.5. The number of alkyl halides is 3. The van der Waals surface area contributed by atoms with Gasteiger partial charge in [-0.2, -0.15) is 17.5 Å². The summed E-state index contributed by atoms with van der Waals surface area (Å²) in [7, 11) is 0.349. The number of hydrogen-bond donors (Lipinski definition) is 2. The van der Waals surface area contributed by atoms with Crippen LogP contribution in [0.15, 0.2) is 48.5 Å². The molecule has 0 saturated carbocycles. The Morgan fingerprint density at radius 3 is 1.93 bits per heavy atom. The van der Waals surface area contributed by atoms with Crippen LogP contribution < -0.4 is 15.4 Å². The van der Waals surface area contributed by atoms with Gasteiger partial charge in [-0.1, -0.05) is 32.9 Å². The number of carbonyl (C=O) groups is 2. The van der Waals surface area contributed by atoms with Gasteiger partial charge in [-0.3, -0.25) is 9.59 Å². The molecular weight excluding hydrogens is 585 g/mol. The topological polar surface area (TPSA) is 108 Å². The molecule has 1 saturated heterocycles. The van der Waals surface area contributed by atoms with E-state index in [9.17, 15) is 31.2 Å². The highest BCUT2D eigenvalue weighted by atomic mass is 32.2. The summed E-state index contributed by atoms with van der Waals surface area (Å²) in [6.45, 7) is 8.19. The van der Waals surface area contributed by atoms with E-state index < -0.39 is 33.6 Å². The van der Waals surface area contributed by atoms with Gasteiger partial charge in [0.25, 0.3) is 5.91 Å². The Kier molecular flexibility index (Phi) is 16.3. The summed E-state index contributed by atoms with van der Waals surface area (Å²) < 4.78 is 66.6. The fourth-order valence-corrected chi connectivity index (χ4v) is 4.69. The molecule has 0 spiro atoms. The van der Waals surface area contributed by atoms with Crippen LogP contribution in [-0.2, 0) is 21.0 Å². The highest BCUT2D eigenvalue weighted by Crippen LogP contribution is 2.29. The van der Waals surface area contributed by atoms with E-state index in [0.717, 1.165) is 42.8 Å². The van der Waals surface area contributed by atoms with Gasteiger partial charge in [-0.05, 0) is 74.3 Å². The normalized spacial score (nSPS) is 14.4. The van der Waals surface area contributed by atoms with Crippen molar-refractivity contribution < 1.29 is 35.9 Å². The molecule has 1 aliphatic heterocycles. The molecule has 0 aromatic heterocycles. The van der Waals surface area contributed by atoms with Crippen molar-refractivity contribution in [3.05, 3.63) is 65.2 Å². The first-order valence-corrected chi connectivity index (χ1v) is 16.0. The van der Waals surface area contributed by atoms with E-state index >= 15 is 0 Å². The molecule has 1 atom stereocenters. The molecular formula is C30H45F3N4O5S. The first-order valence-electron chi connectivity index (χ1n) is 14.1. The van der Waals surface area contributed by atoms with Crippen LogP contribution in [0, 0.1) is 0 Å². The molecule has 1 heterocycles. The molecule has 3 rings (SSSR count). The number of sulfonamides is 1. The maximum Gasteiger partial charge on any atom is 0.416 e. The molecule has 0 bridgehead atoms. The van der Waals surface area contributed by atoms with Gasteiger partial charge in [-0.15, -0.1) is 0 Å². The number of ether oxygens (including phenoxy) is 1. The van der Waals surface area contributed by atoms with Crippen molar-refractivity contribution in [1.82, 2.24) is 19.8 Å². The first kappa shape index (κ1) is 37.9. The lowest BCUT2D eigenvalue weighted by Gasteiger charge is -2.33. The molecule has 2 aromatic rings. The maximum atomic E-state index is 12.5. The van der Waals surface area contributed by atoms with Gasteiger partial charge in [0.05, 0.1) is 25.5 Å². The van der Waals surface area contributed by atoms with Crippen molar-refractivity contribution in [2.45, 2.75) is 45.7 Å². The van der Waals surface area contributed by atoms with Crippen molar-refractivity contribution in [1.29, 1.82) is 0 Å². The Hall–Kier alpha value is -3.16. The molecule has 13 heteroatoms. The van der Waals surface area contributed by atoms with E-state index in [4.69, 9.17) is 4.74 Å². The van der Waals surface area contributed by atoms with Crippen LogP contribution in [0.4, 0.5) is 13.2 Å². The third kappa shape index (κ3) is 13.8. The van der Waals surface area contributed by atoms with Gasteiger partial charge in [0.1, 0.15) is 5.75 Å². The molecule has 2 N–H and O–H groups in total. The largest absolute Gasteiger partial charge is 0.497 e. The number of benzene rings is 2. The van der Waals surface area contributed by atoms with Crippen LogP contribution in [0.3, 0.4) is 0 Å². The standard InChI is InChI=1S/C15H18F3N3O4S.C11H16O.C4H11N/c1-26(24,25)21-8-6-20(7-9-21)13(22)10-19-14(23)11-2-4-12(5-3-11)15(16,17)18;1-4-9(2)10-5-7-11(12-3)8-6-10;1-3-4-5-2/h2-5H,6-10H2,1H3,(H,19,23);5-9H,4H2,1-3H3;5H,3-4H2,1-2H3. The number of methoxy groups -OCH3 is 1. The quantitative estimate of drug-likeness (QED) is 0.427. The van der Waals surface area contributed by atoms with Crippen LogP contribution in [0.25, 0.3) is 0 Å². The predicted molar refractivity (Wildman–Crippen MR) is 163 cm³/mol. The van der Waals surface area contributed by atoms with Crippen molar-refractivity contribution in [2.75, 3.05) is 59.7 Å². The molecule has 2 aromatic carbocycles. The van der Waals surface area contributed by atoms with Crippen LogP contribution in [-0.4, -0.2) is 89.1 Å². The minimum atomic E-state index is -4.49. The zero-order chi connectivity index (χ0) is 32.6. The summed E-state index contributed by atoms with van der Waals surface area (Å²) >= 11 is 0. The van der Waals surface area contributed by atoms with E-state index in [1.807, 2.05) is 19.2 Å². The lowest BCUT2D eigenvalue weighted by Crippen LogP contribution is -2.52.